The summed E-state index contributed by atoms with van der Waals surface area (Å²) < 4.78 is 5.07. The van der Waals surface area contributed by atoms with Crippen molar-refractivity contribution in [1.82, 2.24) is 4.90 Å². The zero-order valence-corrected chi connectivity index (χ0v) is 12.8. The average Bonchev–Trinajstić information content (AvgIpc) is 2.47. The Hall–Kier alpha value is -2.75. The van der Waals surface area contributed by atoms with Crippen molar-refractivity contribution < 1.29 is 19.4 Å². The predicted octanol–water partition coefficient (Wildman–Crippen LogP) is 2.31. The third-order valence-corrected chi connectivity index (χ3v) is 3.21. The molecule has 1 aromatic carbocycles. The molecule has 0 saturated heterocycles. The summed E-state index contributed by atoms with van der Waals surface area (Å²) in [6.45, 7) is 2.85. The van der Waals surface area contributed by atoms with Crippen molar-refractivity contribution in [3.63, 3.8) is 0 Å². The first-order valence-corrected chi connectivity index (χ1v) is 6.66. The monoisotopic (exact) mass is 305 g/mol. The molecule has 0 aromatic heterocycles. The number of rotatable bonds is 6. The predicted molar refractivity (Wildman–Crippen MR) is 80.7 cm³/mol. The van der Waals surface area contributed by atoms with Gasteiger partial charge in [0.2, 0.25) is 0 Å². The first kappa shape index (κ1) is 17.3. The number of carbonyl (C=O) groups excluding carboxylic acids is 1. The van der Waals surface area contributed by atoms with E-state index < -0.39 is 17.5 Å². The van der Waals surface area contributed by atoms with E-state index in [1.165, 1.54) is 21.0 Å². The number of carboxylic acid groups (broad SMARTS) is 1. The Bertz CT molecular complexity index is 593. The lowest BCUT2D eigenvalue weighted by molar-refractivity contribution is -0.147. The molecule has 7 heteroatoms. The van der Waals surface area contributed by atoms with Crippen LogP contribution in [0.25, 0.3) is 0 Å². The Kier molecular flexibility index (Phi) is 5.75. The van der Waals surface area contributed by atoms with Crippen molar-refractivity contribution in [2.45, 2.75) is 25.8 Å². The number of ether oxygens (including phenoxy) is 1. The maximum absolute atomic E-state index is 12.4. The second-order valence-corrected chi connectivity index (χ2v) is 5.09. The second kappa shape index (κ2) is 7.31. The summed E-state index contributed by atoms with van der Waals surface area (Å²) >= 11 is 0. The van der Waals surface area contributed by atoms with Crippen LogP contribution in [-0.2, 0) is 4.79 Å². The normalized spacial score (nSPS) is 10.5. The van der Waals surface area contributed by atoms with E-state index in [-0.39, 0.29) is 13.0 Å². The summed E-state index contributed by atoms with van der Waals surface area (Å²) in [6, 6.07) is 8.04. The van der Waals surface area contributed by atoms with Crippen molar-refractivity contribution in [1.29, 1.82) is 5.26 Å². The molecule has 0 aliphatic heterocycles. The highest BCUT2D eigenvalue weighted by Gasteiger charge is 2.37. The molecule has 0 saturated carbocycles. The summed E-state index contributed by atoms with van der Waals surface area (Å²) in [5.74, 6) is -0.579. The van der Waals surface area contributed by atoms with Crippen LogP contribution in [0.1, 0.15) is 20.3 Å². The van der Waals surface area contributed by atoms with Crippen molar-refractivity contribution >= 4 is 17.7 Å². The summed E-state index contributed by atoms with van der Waals surface area (Å²) in [6.07, 6.45) is 0.0439. The number of nitrogens with one attached hydrogen (secondary N) is 1. The second-order valence-electron chi connectivity index (χ2n) is 5.09. The number of anilines is 1. The summed E-state index contributed by atoms with van der Waals surface area (Å²) in [5.41, 5.74) is -0.952. The topological polar surface area (TPSA) is 103 Å². The third kappa shape index (κ3) is 4.12. The maximum Gasteiger partial charge on any atom is 0.329 e. The lowest BCUT2D eigenvalue weighted by Gasteiger charge is -2.34. The van der Waals surface area contributed by atoms with Gasteiger partial charge in [0.05, 0.1) is 19.6 Å². The highest BCUT2D eigenvalue weighted by atomic mass is 16.5. The quantitative estimate of drug-likeness (QED) is 0.839. The number of hydrogen-bond donors (Lipinski definition) is 2. The van der Waals surface area contributed by atoms with Crippen LogP contribution in [0.15, 0.2) is 24.3 Å². The van der Waals surface area contributed by atoms with Gasteiger partial charge < -0.3 is 20.1 Å². The Morgan fingerprint density at radius 3 is 2.68 bits per heavy atom. The number of hydrogen-bond acceptors (Lipinski definition) is 4. The summed E-state index contributed by atoms with van der Waals surface area (Å²) in [4.78, 5) is 24.9. The van der Waals surface area contributed by atoms with Crippen molar-refractivity contribution in [3.8, 4) is 11.8 Å². The van der Waals surface area contributed by atoms with E-state index in [0.29, 0.717) is 11.4 Å². The van der Waals surface area contributed by atoms with E-state index in [4.69, 9.17) is 10.00 Å². The minimum absolute atomic E-state index is 0.0194. The van der Waals surface area contributed by atoms with Gasteiger partial charge in [0.15, 0.2) is 0 Å². The number of methoxy groups -OCH3 is 1. The van der Waals surface area contributed by atoms with Gasteiger partial charge in [-0.3, -0.25) is 0 Å². The van der Waals surface area contributed by atoms with Crippen LogP contribution in [0.3, 0.4) is 0 Å². The Labute approximate surface area is 129 Å². The molecule has 1 aromatic rings. The van der Waals surface area contributed by atoms with Gasteiger partial charge in [0.25, 0.3) is 0 Å². The Balaban J connectivity index is 2.97. The number of amides is 2. The van der Waals surface area contributed by atoms with E-state index in [9.17, 15) is 14.7 Å². The van der Waals surface area contributed by atoms with Gasteiger partial charge in [-0.25, -0.2) is 9.59 Å². The number of carbonyl (C=O) groups is 2. The van der Waals surface area contributed by atoms with E-state index in [1.54, 1.807) is 24.3 Å². The molecule has 7 nitrogen and oxygen atoms in total. The van der Waals surface area contributed by atoms with Crippen LogP contribution in [0.5, 0.6) is 5.75 Å². The first-order chi connectivity index (χ1) is 10.3. The van der Waals surface area contributed by atoms with Crippen LogP contribution in [0.4, 0.5) is 10.5 Å². The molecule has 22 heavy (non-hydrogen) atoms. The smallest absolute Gasteiger partial charge is 0.329 e. The summed E-state index contributed by atoms with van der Waals surface area (Å²) in [7, 11) is 1.51. The van der Waals surface area contributed by atoms with Gasteiger partial charge >= 0.3 is 12.0 Å². The van der Waals surface area contributed by atoms with Gasteiger partial charge in [0.1, 0.15) is 11.3 Å². The van der Waals surface area contributed by atoms with Crippen LogP contribution >= 0.6 is 0 Å². The third-order valence-electron chi connectivity index (χ3n) is 3.21. The van der Waals surface area contributed by atoms with E-state index in [2.05, 4.69) is 5.32 Å². The van der Waals surface area contributed by atoms with Crippen LogP contribution in [-0.4, -0.2) is 41.2 Å². The number of urea groups is 1. The zero-order chi connectivity index (χ0) is 16.8. The van der Waals surface area contributed by atoms with Crippen LogP contribution in [0.2, 0.25) is 0 Å². The van der Waals surface area contributed by atoms with Crippen molar-refractivity contribution in [3.05, 3.63) is 24.3 Å². The standard InChI is InChI=1S/C15H19N3O4/c1-15(2,13(19)20)18(9-5-8-16)14(21)17-11-6-4-7-12(10-11)22-3/h4,6-7,10H,5,9H2,1-3H3,(H,17,21)(H,19,20). The van der Waals surface area contributed by atoms with Gasteiger partial charge in [-0.1, -0.05) is 6.07 Å². The molecule has 0 atom stereocenters. The number of nitriles is 1. The minimum Gasteiger partial charge on any atom is -0.497 e. The molecule has 0 radical (unpaired) electrons. The maximum atomic E-state index is 12.4. The number of nitrogens with zero attached hydrogens (tertiary/aromatic N) is 2. The number of carboxylic acids is 1. The van der Waals surface area contributed by atoms with E-state index in [0.717, 1.165) is 4.90 Å². The van der Waals surface area contributed by atoms with Crippen molar-refractivity contribution in [2.75, 3.05) is 19.0 Å². The molecule has 0 spiro atoms. The SMILES string of the molecule is COc1cccc(NC(=O)N(CCC#N)C(C)(C)C(=O)O)c1. The molecule has 0 fully saturated rings. The molecule has 2 amide bonds. The molecule has 0 bridgehead atoms. The highest BCUT2D eigenvalue weighted by Crippen LogP contribution is 2.20. The Morgan fingerprint density at radius 2 is 2.14 bits per heavy atom. The van der Waals surface area contributed by atoms with Crippen LogP contribution < -0.4 is 10.1 Å². The fraction of sp³-hybridized carbons (Fsp3) is 0.400. The zero-order valence-electron chi connectivity index (χ0n) is 12.8. The molecule has 0 aliphatic carbocycles. The minimum atomic E-state index is -1.43. The molecule has 0 unspecified atom stereocenters. The van der Waals surface area contributed by atoms with E-state index >= 15 is 0 Å². The Morgan fingerprint density at radius 1 is 1.45 bits per heavy atom. The van der Waals surface area contributed by atoms with Crippen LogP contribution in [0, 0.1) is 11.3 Å². The van der Waals surface area contributed by atoms with E-state index in [1.807, 2.05) is 6.07 Å². The molecule has 0 aliphatic rings. The van der Waals surface area contributed by atoms with Gasteiger partial charge in [-0.15, -0.1) is 0 Å². The fourth-order valence-corrected chi connectivity index (χ4v) is 1.80. The fourth-order valence-electron chi connectivity index (χ4n) is 1.80. The van der Waals surface area contributed by atoms with Gasteiger partial charge in [-0.2, -0.15) is 5.26 Å². The van der Waals surface area contributed by atoms with Gasteiger partial charge in [-0.05, 0) is 26.0 Å². The lowest BCUT2D eigenvalue weighted by Crippen LogP contribution is -2.54. The van der Waals surface area contributed by atoms with Gasteiger partial charge in [0, 0.05) is 18.3 Å². The molecular formula is C15H19N3O4. The molecule has 0 heterocycles. The highest BCUT2D eigenvalue weighted by molar-refractivity contribution is 5.93. The molecule has 1 rings (SSSR count). The van der Waals surface area contributed by atoms with Crippen molar-refractivity contribution in [2.24, 2.45) is 0 Å². The lowest BCUT2D eigenvalue weighted by atomic mass is 10.0. The average molecular weight is 305 g/mol. The molecule has 2 N–H and O–H groups in total. The molecular weight excluding hydrogens is 286 g/mol. The largest absolute Gasteiger partial charge is 0.497 e. The first-order valence-electron chi connectivity index (χ1n) is 6.66. The molecule has 118 valence electrons. The number of benzene rings is 1. The number of aliphatic carboxylic acids is 1. The summed E-state index contributed by atoms with van der Waals surface area (Å²) in [5, 5.41) is 20.6.